The Morgan fingerprint density at radius 3 is 2.19 bits per heavy atom. The highest BCUT2D eigenvalue weighted by Gasteiger charge is 2.14. The molecule has 1 aromatic carbocycles. The number of carbonyl (C=O) groups excluding carboxylic acids is 2. The van der Waals surface area contributed by atoms with Crippen molar-refractivity contribution in [1.82, 2.24) is 21.5 Å². The maximum absolute atomic E-state index is 12.1. The van der Waals surface area contributed by atoms with Crippen LogP contribution in [0.4, 0.5) is 0 Å². The van der Waals surface area contributed by atoms with E-state index in [2.05, 4.69) is 56.1 Å². The fraction of sp³-hybridized carbons (Fsp3) is 0.550. The second-order valence-corrected chi connectivity index (χ2v) is 8.35. The second-order valence-electron chi connectivity index (χ2n) is 7.94. The number of carbonyl (C=O) groups is 2. The van der Waals surface area contributed by atoms with Gasteiger partial charge in [-0.25, -0.2) is 0 Å². The van der Waals surface area contributed by atoms with Crippen molar-refractivity contribution in [2.45, 2.75) is 52.9 Å². The number of benzene rings is 1. The molecule has 0 aliphatic carbocycles. The van der Waals surface area contributed by atoms with Crippen molar-refractivity contribution in [3.05, 3.63) is 35.4 Å². The maximum atomic E-state index is 12.1. The molecular formula is C20H32N4O2S. The van der Waals surface area contributed by atoms with Gasteiger partial charge in [-0.2, -0.15) is 0 Å². The predicted octanol–water partition coefficient (Wildman–Crippen LogP) is 2.65. The summed E-state index contributed by atoms with van der Waals surface area (Å²) in [5.74, 6) is 0.150. The molecule has 0 heterocycles. The Hall–Kier alpha value is -2.15. The molecule has 0 unspecified atom stereocenters. The molecule has 0 aromatic heterocycles. The van der Waals surface area contributed by atoms with Crippen LogP contribution in [0.1, 0.15) is 63.4 Å². The average Bonchev–Trinajstić information content (AvgIpc) is 2.59. The van der Waals surface area contributed by atoms with E-state index in [-0.39, 0.29) is 30.2 Å². The largest absolute Gasteiger partial charge is 0.361 e. The minimum atomic E-state index is -0.244. The monoisotopic (exact) mass is 392 g/mol. The highest BCUT2D eigenvalue weighted by atomic mass is 32.1. The Balaban J connectivity index is 2.27. The van der Waals surface area contributed by atoms with Gasteiger partial charge < -0.3 is 10.6 Å². The SMILES string of the molecule is CC(C)CCNC(=S)NNC(=O)CCNC(=O)c1ccc(C(C)(C)C)cc1. The summed E-state index contributed by atoms with van der Waals surface area (Å²) in [7, 11) is 0. The maximum Gasteiger partial charge on any atom is 0.251 e. The third-order valence-corrected chi connectivity index (χ3v) is 4.22. The summed E-state index contributed by atoms with van der Waals surface area (Å²) in [6.07, 6.45) is 1.16. The number of nitrogens with one attached hydrogen (secondary N) is 4. The fourth-order valence-electron chi connectivity index (χ4n) is 2.22. The number of thiocarbonyl (C=S) groups is 1. The molecule has 0 aliphatic rings. The van der Waals surface area contributed by atoms with Gasteiger partial charge in [-0.15, -0.1) is 0 Å². The van der Waals surface area contributed by atoms with Gasteiger partial charge in [-0.05, 0) is 47.7 Å². The van der Waals surface area contributed by atoms with Crippen LogP contribution in [0.25, 0.3) is 0 Å². The molecule has 150 valence electrons. The number of rotatable bonds is 7. The molecule has 0 spiro atoms. The molecule has 0 radical (unpaired) electrons. The van der Waals surface area contributed by atoms with Crippen LogP contribution in [0, 0.1) is 5.92 Å². The van der Waals surface area contributed by atoms with Crippen molar-refractivity contribution in [2.75, 3.05) is 13.1 Å². The van der Waals surface area contributed by atoms with E-state index in [0.717, 1.165) is 13.0 Å². The predicted molar refractivity (Wildman–Crippen MR) is 113 cm³/mol. The van der Waals surface area contributed by atoms with Gasteiger partial charge >= 0.3 is 0 Å². The number of amides is 2. The van der Waals surface area contributed by atoms with Crippen LogP contribution in [-0.4, -0.2) is 30.0 Å². The van der Waals surface area contributed by atoms with E-state index in [1.54, 1.807) is 12.1 Å². The molecule has 0 fully saturated rings. The zero-order chi connectivity index (χ0) is 20.4. The molecule has 2 amide bonds. The normalized spacial score (nSPS) is 11.0. The Morgan fingerprint density at radius 2 is 1.63 bits per heavy atom. The quantitative estimate of drug-likeness (QED) is 0.424. The first-order valence-corrected chi connectivity index (χ1v) is 9.72. The molecule has 1 rings (SSSR count). The zero-order valence-corrected chi connectivity index (χ0v) is 17.8. The van der Waals surface area contributed by atoms with Crippen LogP contribution >= 0.6 is 12.2 Å². The van der Waals surface area contributed by atoms with Crippen LogP contribution in [-0.2, 0) is 10.2 Å². The third kappa shape index (κ3) is 9.38. The van der Waals surface area contributed by atoms with Gasteiger partial charge in [0.2, 0.25) is 5.91 Å². The highest BCUT2D eigenvalue weighted by Crippen LogP contribution is 2.22. The van der Waals surface area contributed by atoms with Crippen molar-refractivity contribution >= 4 is 29.1 Å². The van der Waals surface area contributed by atoms with E-state index >= 15 is 0 Å². The summed E-state index contributed by atoms with van der Waals surface area (Å²) < 4.78 is 0. The summed E-state index contributed by atoms with van der Waals surface area (Å²) in [5.41, 5.74) is 6.96. The van der Waals surface area contributed by atoms with Crippen LogP contribution in [0.2, 0.25) is 0 Å². The summed E-state index contributed by atoms with van der Waals surface area (Å²) in [6.45, 7) is 11.6. The Kier molecular flexibility index (Phi) is 9.21. The molecule has 0 saturated heterocycles. The van der Waals surface area contributed by atoms with Crippen molar-refractivity contribution < 1.29 is 9.59 Å². The molecule has 7 heteroatoms. The first kappa shape index (κ1) is 22.9. The Labute approximate surface area is 167 Å². The fourth-order valence-corrected chi connectivity index (χ4v) is 2.37. The van der Waals surface area contributed by atoms with Crippen molar-refractivity contribution in [2.24, 2.45) is 5.92 Å². The molecule has 0 atom stereocenters. The molecule has 27 heavy (non-hydrogen) atoms. The smallest absolute Gasteiger partial charge is 0.251 e. The zero-order valence-electron chi connectivity index (χ0n) is 16.9. The molecular weight excluding hydrogens is 360 g/mol. The second kappa shape index (κ2) is 10.9. The Bertz CT molecular complexity index is 636. The van der Waals surface area contributed by atoms with Crippen molar-refractivity contribution in [1.29, 1.82) is 0 Å². The standard InChI is InChI=1S/C20H32N4O2S/c1-14(2)10-12-22-19(27)24-23-17(25)11-13-21-18(26)15-6-8-16(9-7-15)20(3,4)5/h6-9,14H,10-13H2,1-5H3,(H,21,26)(H,23,25)(H2,22,24,27). The van der Waals surface area contributed by atoms with E-state index < -0.39 is 0 Å². The van der Waals surface area contributed by atoms with E-state index in [1.165, 1.54) is 5.56 Å². The van der Waals surface area contributed by atoms with Crippen LogP contribution in [0.5, 0.6) is 0 Å². The lowest BCUT2D eigenvalue weighted by Crippen LogP contribution is -2.47. The van der Waals surface area contributed by atoms with Crippen molar-refractivity contribution in [3.63, 3.8) is 0 Å². The van der Waals surface area contributed by atoms with Gasteiger partial charge in [0.05, 0.1) is 0 Å². The number of hydrazine groups is 1. The van der Waals surface area contributed by atoms with Gasteiger partial charge in [-0.1, -0.05) is 46.8 Å². The molecule has 4 N–H and O–H groups in total. The molecule has 1 aromatic rings. The number of hydrogen-bond acceptors (Lipinski definition) is 3. The Morgan fingerprint density at radius 1 is 1.00 bits per heavy atom. The topological polar surface area (TPSA) is 82.3 Å². The molecule has 0 aliphatic heterocycles. The summed E-state index contributed by atoms with van der Waals surface area (Å²) in [5, 5.41) is 6.14. The summed E-state index contributed by atoms with van der Waals surface area (Å²) in [4.78, 5) is 23.9. The van der Waals surface area contributed by atoms with Gasteiger partial charge in [0, 0.05) is 25.1 Å². The lowest BCUT2D eigenvalue weighted by atomic mass is 9.87. The van der Waals surface area contributed by atoms with Crippen LogP contribution in [0.3, 0.4) is 0 Å². The molecule has 0 saturated carbocycles. The highest BCUT2D eigenvalue weighted by molar-refractivity contribution is 7.80. The summed E-state index contributed by atoms with van der Waals surface area (Å²) >= 11 is 5.07. The van der Waals surface area contributed by atoms with Crippen LogP contribution < -0.4 is 21.5 Å². The van der Waals surface area contributed by atoms with E-state index in [1.807, 2.05) is 12.1 Å². The van der Waals surface area contributed by atoms with E-state index in [4.69, 9.17) is 12.2 Å². The third-order valence-electron chi connectivity index (χ3n) is 3.97. The first-order chi connectivity index (χ1) is 12.6. The average molecular weight is 393 g/mol. The lowest BCUT2D eigenvalue weighted by Gasteiger charge is -2.19. The van der Waals surface area contributed by atoms with E-state index in [9.17, 15) is 9.59 Å². The van der Waals surface area contributed by atoms with Crippen molar-refractivity contribution in [3.8, 4) is 0 Å². The lowest BCUT2D eigenvalue weighted by molar-refractivity contribution is -0.121. The molecule has 6 nitrogen and oxygen atoms in total. The van der Waals surface area contributed by atoms with E-state index in [0.29, 0.717) is 16.6 Å². The van der Waals surface area contributed by atoms with Gasteiger partial charge in [0.25, 0.3) is 5.91 Å². The summed E-state index contributed by atoms with van der Waals surface area (Å²) in [6, 6.07) is 7.52. The number of hydrogen-bond donors (Lipinski definition) is 4. The minimum Gasteiger partial charge on any atom is -0.361 e. The first-order valence-electron chi connectivity index (χ1n) is 9.31. The minimum absolute atomic E-state index is 0.0459. The molecule has 0 bridgehead atoms. The van der Waals surface area contributed by atoms with Gasteiger partial charge in [0.1, 0.15) is 0 Å². The van der Waals surface area contributed by atoms with Gasteiger partial charge in [-0.3, -0.25) is 20.4 Å². The van der Waals surface area contributed by atoms with Gasteiger partial charge in [0.15, 0.2) is 5.11 Å². The van der Waals surface area contributed by atoms with Crippen LogP contribution in [0.15, 0.2) is 24.3 Å².